The summed E-state index contributed by atoms with van der Waals surface area (Å²) in [7, 11) is 0. The topological polar surface area (TPSA) is 13.1 Å². The smallest absolute Gasteiger partial charge is 0.134 e. The minimum atomic E-state index is 1.03. The van der Waals surface area contributed by atoms with Crippen LogP contribution in [-0.2, 0) is 6.42 Å². The SMILES string of the molecule is CCCCCCc1coc2cc(C)ccc12. The Labute approximate surface area is 97.5 Å². The second-order valence-electron chi connectivity index (χ2n) is 4.57. The molecule has 86 valence electrons. The van der Waals surface area contributed by atoms with Crippen LogP contribution in [0.5, 0.6) is 0 Å². The van der Waals surface area contributed by atoms with Crippen LogP contribution in [0.15, 0.2) is 28.9 Å². The molecule has 0 aliphatic heterocycles. The fourth-order valence-electron chi connectivity index (χ4n) is 2.13. The molecule has 1 aromatic heterocycles. The van der Waals surface area contributed by atoms with E-state index in [1.807, 2.05) is 6.26 Å². The van der Waals surface area contributed by atoms with E-state index in [0.29, 0.717) is 0 Å². The fourth-order valence-corrected chi connectivity index (χ4v) is 2.13. The Morgan fingerprint density at radius 2 is 2.00 bits per heavy atom. The van der Waals surface area contributed by atoms with Gasteiger partial charge in [0.2, 0.25) is 0 Å². The Bertz CT molecular complexity index is 453. The van der Waals surface area contributed by atoms with Gasteiger partial charge in [0.1, 0.15) is 5.58 Å². The zero-order valence-electron chi connectivity index (χ0n) is 10.3. The first-order chi connectivity index (χ1) is 7.81. The lowest BCUT2D eigenvalue weighted by atomic mass is 10.0. The van der Waals surface area contributed by atoms with Crippen LogP contribution in [0.2, 0.25) is 0 Å². The van der Waals surface area contributed by atoms with Crippen molar-refractivity contribution >= 4 is 11.0 Å². The molecular formula is C15H20O. The maximum atomic E-state index is 5.59. The fraction of sp³-hybridized carbons (Fsp3) is 0.467. The van der Waals surface area contributed by atoms with Crippen molar-refractivity contribution in [1.29, 1.82) is 0 Å². The summed E-state index contributed by atoms with van der Waals surface area (Å²) >= 11 is 0. The van der Waals surface area contributed by atoms with Crippen molar-refractivity contribution in [3.05, 3.63) is 35.6 Å². The molecule has 16 heavy (non-hydrogen) atoms. The number of furan rings is 1. The molecule has 1 nitrogen and oxygen atoms in total. The standard InChI is InChI=1S/C15H20O/c1-3-4-5-6-7-13-11-16-15-10-12(2)8-9-14(13)15/h8-11H,3-7H2,1-2H3. The Morgan fingerprint density at radius 3 is 2.81 bits per heavy atom. The predicted octanol–water partition coefficient (Wildman–Crippen LogP) is 4.86. The van der Waals surface area contributed by atoms with E-state index in [9.17, 15) is 0 Å². The molecule has 0 fully saturated rings. The predicted molar refractivity (Wildman–Crippen MR) is 68.8 cm³/mol. The van der Waals surface area contributed by atoms with Crippen molar-refractivity contribution < 1.29 is 4.42 Å². The van der Waals surface area contributed by atoms with Crippen LogP contribution >= 0.6 is 0 Å². The number of benzene rings is 1. The van der Waals surface area contributed by atoms with Crippen LogP contribution in [0.25, 0.3) is 11.0 Å². The van der Waals surface area contributed by atoms with Crippen molar-refractivity contribution in [1.82, 2.24) is 0 Å². The van der Waals surface area contributed by atoms with E-state index >= 15 is 0 Å². The van der Waals surface area contributed by atoms with Gasteiger partial charge in [0.05, 0.1) is 6.26 Å². The van der Waals surface area contributed by atoms with Gasteiger partial charge in [-0.1, -0.05) is 38.3 Å². The summed E-state index contributed by atoms with van der Waals surface area (Å²) in [6.45, 7) is 4.35. The van der Waals surface area contributed by atoms with E-state index in [2.05, 4.69) is 32.0 Å². The first-order valence-corrected chi connectivity index (χ1v) is 6.28. The second kappa shape index (κ2) is 5.20. The van der Waals surface area contributed by atoms with Gasteiger partial charge in [-0.2, -0.15) is 0 Å². The van der Waals surface area contributed by atoms with E-state index < -0.39 is 0 Å². The third-order valence-electron chi connectivity index (χ3n) is 3.11. The Balaban J connectivity index is 2.07. The average molecular weight is 216 g/mol. The molecule has 1 heteroatoms. The highest BCUT2D eigenvalue weighted by molar-refractivity contribution is 5.81. The van der Waals surface area contributed by atoms with Crippen LogP contribution in [0.1, 0.15) is 43.7 Å². The third kappa shape index (κ3) is 2.46. The van der Waals surface area contributed by atoms with Gasteiger partial charge in [-0.25, -0.2) is 0 Å². The molecule has 0 aliphatic carbocycles. The lowest BCUT2D eigenvalue weighted by Gasteiger charge is -1.98. The average Bonchev–Trinajstić information content (AvgIpc) is 2.67. The summed E-state index contributed by atoms with van der Waals surface area (Å²) in [5.74, 6) is 0. The molecule has 0 N–H and O–H groups in total. The molecular weight excluding hydrogens is 196 g/mol. The molecule has 0 bridgehead atoms. The molecule has 0 saturated heterocycles. The van der Waals surface area contributed by atoms with Crippen LogP contribution in [0, 0.1) is 6.92 Å². The number of hydrogen-bond acceptors (Lipinski definition) is 1. The zero-order valence-corrected chi connectivity index (χ0v) is 10.3. The Hall–Kier alpha value is -1.24. The lowest BCUT2D eigenvalue weighted by molar-refractivity contribution is 0.604. The van der Waals surface area contributed by atoms with Crippen molar-refractivity contribution in [3.63, 3.8) is 0 Å². The highest BCUT2D eigenvalue weighted by atomic mass is 16.3. The number of aryl methyl sites for hydroxylation is 2. The summed E-state index contributed by atoms with van der Waals surface area (Å²) in [6, 6.07) is 6.46. The van der Waals surface area contributed by atoms with Gasteiger partial charge in [-0.05, 0) is 37.0 Å². The number of hydrogen-bond donors (Lipinski definition) is 0. The summed E-state index contributed by atoms with van der Waals surface area (Å²) in [4.78, 5) is 0. The van der Waals surface area contributed by atoms with E-state index in [4.69, 9.17) is 4.42 Å². The molecule has 2 aromatic rings. The van der Waals surface area contributed by atoms with Crippen molar-refractivity contribution in [2.24, 2.45) is 0 Å². The lowest BCUT2D eigenvalue weighted by Crippen LogP contribution is -1.84. The summed E-state index contributed by atoms with van der Waals surface area (Å²) in [5.41, 5.74) is 3.66. The largest absolute Gasteiger partial charge is 0.464 e. The molecule has 0 atom stereocenters. The highest BCUT2D eigenvalue weighted by Crippen LogP contribution is 2.23. The van der Waals surface area contributed by atoms with Crippen molar-refractivity contribution in [2.45, 2.75) is 46.0 Å². The minimum Gasteiger partial charge on any atom is -0.464 e. The maximum absolute atomic E-state index is 5.59. The van der Waals surface area contributed by atoms with Crippen LogP contribution in [-0.4, -0.2) is 0 Å². The van der Waals surface area contributed by atoms with E-state index in [1.54, 1.807) is 0 Å². The molecule has 1 heterocycles. The molecule has 0 radical (unpaired) electrons. The quantitative estimate of drug-likeness (QED) is 0.650. The highest BCUT2D eigenvalue weighted by Gasteiger charge is 2.05. The Morgan fingerprint density at radius 1 is 1.12 bits per heavy atom. The van der Waals surface area contributed by atoms with Gasteiger partial charge in [0.25, 0.3) is 0 Å². The van der Waals surface area contributed by atoms with Crippen LogP contribution in [0.3, 0.4) is 0 Å². The van der Waals surface area contributed by atoms with Crippen molar-refractivity contribution in [3.8, 4) is 0 Å². The van der Waals surface area contributed by atoms with Gasteiger partial charge in [-0.15, -0.1) is 0 Å². The molecule has 1 aromatic carbocycles. The zero-order chi connectivity index (χ0) is 11.4. The molecule has 0 aliphatic rings. The number of unbranched alkanes of at least 4 members (excludes halogenated alkanes) is 3. The van der Waals surface area contributed by atoms with E-state index in [0.717, 1.165) is 12.0 Å². The normalized spacial score (nSPS) is 11.1. The van der Waals surface area contributed by atoms with Gasteiger partial charge in [-0.3, -0.25) is 0 Å². The van der Waals surface area contributed by atoms with Gasteiger partial charge in [0.15, 0.2) is 0 Å². The molecule has 0 saturated carbocycles. The molecule has 0 spiro atoms. The first kappa shape index (κ1) is 11.3. The van der Waals surface area contributed by atoms with Gasteiger partial charge in [0, 0.05) is 5.39 Å². The number of fused-ring (bicyclic) bond motifs is 1. The number of rotatable bonds is 5. The van der Waals surface area contributed by atoms with E-state index in [1.165, 1.54) is 42.2 Å². The minimum absolute atomic E-state index is 1.03. The van der Waals surface area contributed by atoms with Crippen LogP contribution < -0.4 is 0 Å². The summed E-state index contributed by atoms with van der Waals surface area (Å²) in [5, 5.41) is 1.29. The molecule has 0 amide bonds. The monoisotopic (exact) mass is 216 g/mol. The summed E-state index contributed by atoms with van der Waals surface area (Å²) in [6.07, 6.45) is 8.32. The second-order valence-corrected chi connectivity index (χ2v) is 4.57. The van der Waals surface area contributed by atoms with E-state index in [-0.39, 0.29) is 0 Å². The van der Waals surface area contributed by atoms with Gasteiger partial charge >= 0.3 is 0 Å². The molecule has 2 rings (SSSR count). The first-order valence-electron chi connectivity index (χ1n) is 6.28. The third-order valence-corrected chi connectivity index (χ3v) is 3.11. The maximum Gasteiger partial charge on any atom is 0.134 e. The van der Waals surface area contributed by atoms with Crippen LogP contribution in [0.4, 0.5) is 0 Å². The van der Waals surface area contributed by atoms with Crippen molar-refractivity contribution in [2.75, 3.05) is 0 Å². The summed E-state index contributed by atoms with van der Waals surface area (Å²) < 4.78 is 5.59. The molecule has 0 unspecified atom stereocenters. The Kier molecular flexibility index (Phi) is 3.66. The van der Waals surface area contributed by atoms with Gasteiger partial charge < -0.3 is 4.42 Å².